The number of hydrogen-bond acceptors (Lipinski definition) is 4. The van der Waals surface area contributed by atoms with Gasteiger partial charge in [-0.2, -0.15) is 0 Å². The summed E-state index contributed by atoms with van der Waals surface area (Å²) in [6.07, 6.45) is 4.43. The van der Waals surface area contributed by atoms with Crippen LogP contribution in [0.2, 0.25) is 5.02 Å². The molecule has 7 heteroatoms. The van der Waals surface area contributed by atoms with Gasteiger partial charge in [-0.05, 0) is 43.5 Å². The molecule has 1 fully saturated rings. The first kappa shape index (κ1) is 17.2. The van der Waals surface area contributed by atoms with Gasteiger partial charge in [-0.3, -0.25) is 0 Å². The second-order valence-corrected chi connectivity index (χ2v) is 7.30. The minimum Gasteiger partial charge on any atom is -0.370 e. The summed E-state index contributed by atoms with van der Waals surface area (Å²) in [5.41, 5.74) is 9.62. The van der Waals surface area contributed by atoms with E-state index in [0.717, 1.165) is 55.5 Å². The Labute approximate surface area is 158 Å². The summed E-state index contributed by atoms with van der Waals surface area (Å²) in [6.45, 7) is 4.04. The smallest absolute Gasteiger partial charge is 0.191 e. The van der Waals surface area contributed by atoms with Crippen molar-refractivity contribution in [2.24, 2.45) is 10.7 Å². The van der Waals surface area contributed by atoms with Gasteiger partial charge in [0.15, 0.2) is 5.96 Å². The van der Waals surface area contributed by atoms with Crippen LogP contribution in [0.1, 0.15) is 29.9 Å². The first-order chi connectivity index (χ1) is 12.7. The summed E-state index contributed by atoms with van der Waals surface area (Å²) in [5, 5.41) is 4.96. The zero-order chi connectivity index (χ0) is 17.9. The SMILES string of the molecule is NC(=NCc1noc2c1CCCC2)N1CCN(c2ccc(Cl)cc2)CC1. The van der Waals surface area contributed by atoms with Crippen molar-refractivity contribution in [3.8, 4) is 0 Å². The Kier molecular flexibility index (Phi) is 5.02. The molecule has 0 spiro atoms. The van der Waals surface area contributed by atoms with Crippen LogP contribution in [0.25, 0.3) is 0 Å². The summed E-state index contributed by atoms with van der Waals surface area (Å²) in [7, 11) is 0. The number of rotatable bonds is 3. The first-order valence-corrected chi connectivity index (χ1v) is 9.60. The molecule has 0 atom stereocenters. The van der Waals surface area contributed by atoms with Crippen molar-refractivity contribution >= 4 is 23.2 Å². The molecule has 1 aromatic heterocycles. The number of piperazine rings is 1. The van der Waals surface area contributed by atoms with Gasteiger partial charge >= 0.3 is 0 Å². The lowest BCUT2D eigenvalue weighted by molar-refractivity contribution is 0.367. The molecule has 0 unspecified atom stereocenters. The maximum Gasteiger partial charge on any atom is 0.191 e. The van der Waals surface area contributed by atoms with Crippen molar-refractivity contribution in [3.05, 3.63) is 46.3 Å². The number of nitrogens with zero attached hydrogens (tertiary/aromatic N) is 4. The van der Waals surface area contributed by atoms with E-state index in [2.05, 4.69) is 32.1 Å². The Balaban J connectivity index is 1.34. The summed E-state index contributed by atoms with van der Waals surface area (Å²) in [4.78, 5) is 9.05. The van der Waals surface area contributed by atoms with Crippen molar-refractivity contribution in [3.63, 3.8) is 0 Å². The fraction of sp³-hybridized carbons (Fsp3) is 0.474. The molecule has 1 aliphatic carbocycles. The molecule has 2 heterocycles. The van der Waals surface area contributed by atoms with Gasteiger partial charge in [-0.25, -0.2) is 4.99 Å². The third-order valence-corrected chi connectivity index (χ3v) is 5.47. The zero-order valence-corrected chi connectivity index (χ0v) is 15.6. The molecule has 0 amide bonds. The zero-order valence-electron chi connectivity index (χ0n) is 14.8. The van der Waals surface area contributed by atoms with E-state index >= 15 is 0 Å². The van der Waals surface area contributed by atoms with E-state index in [1.165, 1.54) is 24.1 Å². The van der Waals surface area contributed by atoms with E-state index in [1.807, 2.05) is 12.1 Å². The Morgan fingerprint density at radius 2 is 1.85 bits per heavy atom. The number of anilines is 1. The van der Waals surface area contributed by atoms with Gasteiger partial charge in [0.1, 0.15) is 11.5 Å². The molecule has 0 radical (unpaired) electrons. The minimum absolute atomic E-state index is 0.502. The second-order valence-electron chi connectivity index (χ2n) is 6.86. The van der Waals surface area contributed by atoms with Crippen molar-refractivity contribution in [1.82, 2.24) is 10.1 Å². The van der Waals surface area contributed by atoms with E-state index < -0.39 is 0 Å². The predicted octanol–water partition coefficient (Wildman–Crippen LogP) is 2.84. The number of guanidine groups is 1. The Morgan fingerprint density at radius 3 is 2.62 bits per heavy atom. The highest BCUT2D eigenvalue weighted by Gasteiger charge is 2.21. The lowest BCUT2D eigenvalue weighted by Gasteiger charge is -2.36. The highest BCUT2D eigenvalue weighted by atomic mass is 35.5. The first-order valence-electron chi connectivity index (χ1n) is 9.22. The van der Waals surface area contributed by atoms with E-state index in [-0.39, 0.29) is 0 Å². The summed E-state index contributed by atoms with van der Waals surface area (Å²) in [6, 6.07) is 7.97. The van der Waals surface area contributed by atoms with Crippen LogP contribution in [0.3, 0.4) is 0 Å². The van der Waals surface area contributed by atoms with Crippen LogP contribution in [0.5, 0.6) is 0 Å². The lowest BCUT2D eigenvalue weighted by atomic mass is 9.96. The molecule has 4 rings (SSSR count). The largest absolute Gasteiger partial charge is 0.370 e. The Morgan fingerprint density at radius 1 is 1.12 bits per heavy atom. The van der Waals surface area contributed by atoms with Crippen LogP contribution in [0.15, 0.2) is 33.8 Å². The number of aryl methyl sites for hydroxylation is 1. The van der Waals surface area contributed by atoms with Gasteiger partial charge < -0.3 is 20.1 Å². The molecule has 2 aromatic rings. The quantitative estimate of drug-likeness (QED) is 0.661. The second kappa shape index (κ2) is 7.58. The van der Waals surface area contributed by atoms with Crippen LogP contribution in [0, 0.1) is 0 Å². The van der Waals surface area contributed by atoms with Crippen LogP contribution < -0.4 is 10.6 Å². The average Bonchev–Trinajstić information content (AvgIpc) is 3.10. The number of halogens is 1. The van der Waals surface area contributed by atoms with Crippen LogP contribution in [0.4, 0.5) is 5.69 Å². The van der Waals surface area contributed by atoms with E-state index in [0.29, 0.717) is 12.5 Å². The summed E-state index contributed by atoms with van der Waals surface area (Å²) in [5.74, 6) is 1.63. The molecule has 1 aromatic carbocycles. The Bertz CT molecular complexity index is 778. The van der Waals surface area contributed by atoms with Crippen LogP contribution in [-0.2, 0) is 19.4 Å². The molecule has 1 saturated heterocycles. The highest BCUT2D eigenvalue weighted by Crippen LogP contribution is 2.24. The average molecular weight is 374 g/mol. The van der Waals surface area contributed by atoms with E-state index in [9.17, 15) is 0 Å². The van der Waals surface area contributed by atoms with Gasteiger partial charge in [-0.15, -0.1) is 0 Å². The molecule has 6 nitrogen and oxygen atoms in total. The van der Waals surface area contributed by atoms with Crippen molar-refractivity contribution in [2.45, 2.75) is 32.2 Å². The fourth-order valence-corrected chi connectivity index (χ4v) is 3.80. The molecule has 138 valence electrons. The third-order valence-electron chi connectivity index (χ3n) is 5.22. The molecule has 1 aliphatic heterocycles. The van der Waals surface area contributed by atoms with Gasteiger partial charge in [0.25, 0.3) is 0 Å². The number of hydrogen-bond donors (Lipinski definition) is 1. The number of aliphatic imine (C=N–C) groups is 1. The highest BCUT2D eigenvalue weighted by molar-refractivity contribution is 6.30. The maximum absolute atomic E-state index is 6.23. The Hall–Kier alpha value is -2.21. The van der Waals surface area contributed by atoms with Gasteiger partial charge in [0, 0.05) is 48.9 Å². The van der Waals surface area contributed by atoms with Crippen LogP contribution >= 0.6 is 11.6 Å². The molecular formula is C19H24ClN5O. The maximum atomic E-state index is 6.23. The predicted molar refractivity (Wildman–Crippen MR) is 104 cm³/mol. The normalized spacial score (nSPS) is 18.1. The van der Waals surface area contributed by atoms with E-state index in [4.69, 9.17) is 21.9 Å². The molecule has 0 saturated carbocycles. The summed E-state index contributed by atoms with van der Waals surface area (Å²) >= 11 is 5.97. The minimum atomic E-state index is 0.502. The standard InChI is InChI=1S/C19H24ClN5O/c20-14-5-7-15(8-6-14)24-9-11-25(12-10-24)19(21)22-13-17-16-3-1-2-4-18(16)26-23-17/h5-8H,1-4,9-13H2,(H2,21,22). The van der Waals surface area contributed by atoms with Gasteiger partial charge in [-0.1, -0.05) is 16.8 Å². The summed E-state index contributed by atoms with van der Waals surface area (Å²) < 4.78 is 5.45. The van der Waals surface area contributed by atoms with Crippen molar-refractivity contribution in [1.29, 1.82) is 0 Å². The van der Waals surface area contributed by atoms with Crippen molar-refractivity contribution in [2.75, 3.05) is 31.1 Å². The lowest BCUT2D eigenvalue weighted by Crippen LogP contribution is -2.51. The number of nitrogens with two attached hydrogens (primary N) is 1. The molecular weight excluding hydrogens is 350 g/mol. The topological polar surface area (TPSA) is 70.9 Å². The molecule has 2 aliphatic rings. The van der Waals surface area contributed by atoms with Gasteiger partial charge in [0.2, 0.25) is 0 Å². The van der Waals surface area contributed by atoms with Crippen molar-refractivity contribution < 1.29 is 4.52 Å². The monoisotopic (exact) mass is 373 g/mol. The number of benzene rings is 1. The third kappa shape index (κ3) is 3.65. The van der Waals surface area contributed by atoms with E-state index in [1.54, 1.807) is 0 Å². The number of fused-ring (bicyclic) bond motifs is 1. The van der Waals surface area contributed by atoms with Gasteiger partial charge in [0.05, 0.1) is 6.54 Å². The fourth-order valence-electron chi connectivity index (χ4n) is 3.67. The molecule has 2 N–H and O–H groups in total. The number of aromatic nitrogens is 1. The molecule has 26 heavy (non-hydrogen) atoms. The molecule has 0 bridgehead atoms. The van der Waals surface area contributed by atoms with Crippen LogP contribution in [-0.4, -0.2) is 42.2 Å².